The summed E-state index contributed by atoms with van der Waals surface area (Å²) < 4.78 is 0. The normalized spacial score (nSPS) is 9.70. The fourth-order valence-corrected chi connectivity index (χ4v) is 0.933. The highest BCUT2D eigenvalue weighted by Gasteiger charge is 1.90. The molecule has 2 nitrogen and oxygen atoms in total. The fourth-order valence-electron chi connectivity index (χ4n) is 0.933. The van der Waals surface area contributed by atoms with Crippen molar-refractivity contribution in [1.29, 1.82) is 0 Å². The van der Waals surface area contributed by atoms with Crippen LogP contribution in [0.2, 0.25) is 0 Å². The van der Waals surface area contributed by atoms with E-state index < -0.39 is 0 Å². The standard InChI is InChI=1S/C8H12N2/c1-2-3-7-4-8(9)6-10-5-7/h4-6H,2-3,9H2,1H3. The Kier molecular flexibility index (Phi) is 2.26. The van der Waals surface area contributed by atoms with Crippen molar-refractivity contribution in [1.82, 2.24) is 4.98 Å². The second kappa shape index (κ2) is 3.20. The fraction of sp³-hybridized carbons (Fsp3) is 0.375. The monoisotopic (exact) mass is 136 g/mol. The van der Waals surface area contributed by atoms with E-state index in [0.29, 0.717) is 0 Å². The molecular formula is C8H12N2. The van der Waals surface area contributed by atoms with Crippen molar-refractivity contribution in [3.05, 3.63) is 24.0 Å². The topological polar surface area (TPSA) is 38.9 Å². The van der Waals surface area contributed by atoms with Gasteiger partial charge in [-0.15, -0.1) is 0 Å². The Balaban J connectivity index is 2.75. The summed E-state index contributed by atoms with van der Waals surface area (Å²) in [7, 11) is 0. The Morgan fingerprint density at radius 3 is 2.90 bits per heavy atom. The molecule has 10 heavy (non-hydrogen) atoms. The van der Waals surface area contributed by atoms with Crippen molar-refractivity contribution in [2.75, 3.05) is 5.73 Å². The van der Waals surface area contributed by atoms with Gasteiger partial charge in [0.05, 0.1) is 5.69 Å². The Morgan fingerprint density at radius 2 is 2.30 bits per heavy atom. The second-order valence-corrected chi connectivity index (χ2v) is 2.38. The zero-order valence-corrected chi connectivity index (χ0v) is 6.17. The highest BCUT2D eigenvalue weighted by atomic mass is 14.7. The molecule has 0 aliphatic heterocycles. The largest absolute Gasteiger partial charge is 0.397 e. The van der Waals surface area contributed by atoms with E-state index in [4.69, 9.17) is 5.73 Å². The van der Waals surface area contributed by atoms with Gasteiger partial charge in [-0.1, -0.05) is 13.3 Å². The van der Waals surface area contributed by atoms with Gasteiger partial charge in [0, 0.05) is 12.4 Å². The Labute approximate surface area is 61.1 Å². The van der Waals surface area contributed by atoms with Crippen LogP contribution in [0.1, 0.15) is 18.9 Å². The third-order valence-corrected chi connectivity index (χ3v) is 1.35. The van der Waals surface area contributed by atoms with E-state index in [1.54, 1.807) is 6.20 Å². The maximum Gasteiger partial charge on any atom is 0.0503 e. The van der Waals surface area contributed by atoms with Gasteiger partial charge in [0.15, 0.2) is 0 Å². The molecule has 1 heterocycles. The van der Waals surface area contributed by atoms with Gasteiger partial charge in [-0.3, -0.25) is 4.98 Å². The van der Waals surface area contributed by atoms with Gasteiger partial charge in [0.25, 0.3) is 0 Å². The van der Waals surface area contributed by atoms with Crippen molar-refractivity contribution in [2.45, 2.75) is 19.8 Å². The molecule has 0 aromatic carbocycles. The van der Waals surface area contributed by atoms with Crippen molar-refractivity contribution in [3.8, 4) is 0 Å². The van der Waals surface area contributed by atoms with Crippen LogP contribution in [0.15, 0.2) is 18.5 Å². The van der Waals surface area contributed by atoms with E-state index in [9.17, 15) is 0 Å². The lowest BCUT2D eigenvalue weighted by Crippen LogP contribution is -1.89. The van der Waals surface area contributed by atoms with E-state index in [1.807, 2.05) is 12.3 Å². The molecule has 0 saturated carbocycles. The summed E-state index contributed by atoms with van der Waals surface area (Å²) in [5.41, 5.74) is 7.51. The summed E-state index contributed by atoms with van der Waals surface area (Å²) in [6.07, 6.45) is 5.74. The van der Waals surface area contributed by atoms with Crippen molar-refractivity contribution >= 4 is 5.69 Å². The van der Waals surface area contributed by atoms with Gasteiger partial charge in [0.2, 0.25) is 0 Å². The summed E-state index contributed by atoms with van der Waals surface area (Å²) in [6, 6.07) is 1.97. The van der Waals surface area contributed by atoms with Crippen LogP contribution in [0, 0.1) is 0 Å². The molecule has 2 N–H and O–H groups in total. The van der Waals surface area contributed by atoms with E-state index in [1.165, 1.54) is 5.56 Å². The smallest absolute Gasteiger partial charge is 0.0503 e. The first-order chi connectivity index (χ1) is 4.83. The van der Waals surface area contributed by atoms with Crippen molar-refractivity contribution in [3.63, 3.8) is 0 Å². The quantitative estimate of drug-likeness (QED) is 0.671. The molecule has 0 aliphatic rings. The minimum absolute atomic E-state index is 0.756. The Morgan fingerprint density at radius 1 is 1.50 bits per heavy atom. The van der Waals surface area contributed by atoms with Crippen LogP contribution in [0.25, 0.3) is 0 Å². The zero-order chi connectivity index (χ0) is 7.40. The number of aromatic nitrogens is 1. The van der Waals surface area contributed by atoms with Gasteiger partial charge in [-0.05, 0) is 18.1 Å². The molecule has 0 radical (unpaired) electrons. The molecule has 54 valence electrons. The summed E-state index contributed by atoms with van der Waals surface area (Å²) >= 11 is 0. The van der Waals surface area contributed by atoms with E-state index in [2.05, 4.69) is 11.9 Å². The number of pyridine rings is 1. The lowest BCUT2D eigenvalue weighted by atomic mass is 10.2. The number of aryl methyl sites for hydroxylation is 1. The molecular weight excluding hydrogens is 124 g/mol. The molecule has 1 aromatic heterocycles. The summed E-state index contributed by atoms with van der Waals surface area (Å²) in [5.74, 6) is 0. The minimum Gasteiger partial charge on any atom is -0.397 e. The van der Waals surface area contributed by atoms with Gasteiger partial charge < -0.3 is 5.73 Å². The van der Waals surface area contributed by atoms with Crippen LogP contribution < -0.4 is 5.73 Å². The van der Waals surface area contributed by atoms with E-state index in [-0.39, 0.29) is 0 Å². The van der Waals surface area contributed by atoms with Gasteiger partial charge in [-0.25, -0.2) is 0 Å². The summed E-state index contributed by atoms with van der Waals surface area (Å²) in [5, 5.41) is 0. The number of hydrogen-bond donors (Lipinski definition) is 1. The highest BCUT2D eigenvalue weighted by Crippen LogP contribution is 2.05. The molecule has 0 aliphatic carbocycles. The molecule has 0 spiro atoms. The number of nitrogens with zero attached hydrogens (tertiary/aromatic N) is 1. The van der Waals surface area contributed by atoms with Crippen LogP contribution in [-0.4, -0.2) is 4.98 Å². The number of rotatable bonds is 2. The Hall–Kier alpha value is -1.05. The third-order valence-electron chi connectivity index (χ3n) is 1.35. The number of nitrogens with two attached hydrogens (primary N) is 1. The zero-order valence-electron chi connectivity index (χ0n) is 6.17. The number of hydrogen-bond acceptors (Lipinski definition) is 2. The highest BCUT2D eigenvalue weighted by molar-refractivity contribution is 5.36. The first-order valence-electron chi connectivity index (χ1n) is 3.52. The average Bonchev–Trinajstić information content (AvgIpc) is 1.88. The van der Waals surface area contributed by atoms with Crippen LogP contribution in [0.3, 0.4) is 0 Å². The first kappa shape index (κ1) is 7.06. The predicted molar refractivity (Wildman–Crippen MR) is 42.6 cm³/mol. The second-order valence-electron chi connectivity index (χ2n) is 2.38. The molecule has 0 unspecified atom stereocenters. The lowest BCUT2D eigenvalue weighted by Gasteiger charge is -1.97. The van der Waals surface area contributed by atoms with Crippen LogP contribution in [0.5, 0.6) is 0 Å². The lowest BCUT2D eigenvalue weighted by molar-refractivity contribution is 0.914. The van der Waals surface area contributed by atoms with Crippen LogP contribution in [0.4, 0.5) is 5.69 Å². The molecule has 0 saturated heterocycles. The van der Waals surface area contributed by atoms with Gasteiger partial charge in [-0.2, -0.15) is 0 Å². The maximum absolute atomic E-state index is 5.53. The first-order valence-corrected chi connectivity index (χ1v) is 3.52. The summed E-state index contributed by atoms with van der Waals surface area (Å²) in [6.45, 7) is 2.14. The summed E-state index contributed by atoms with van der Waals surface area (Å²) in [4.78, 5) is 3.98. The third kappa shape index (κ3) is 1.72. The van der Waals surface area contributed by atoms with Gasteiger partial charge in [0.1, 0.15) is 0 Å². The molecule has 0 fully saturated rings. The molecule has 0 bridgehead atoms. The number of nitrogen functional groups attached to an aromatic ring is 1. The average molecular weight is 136 g/mol. The van der Waals surface area contributed by atoms with Gasteiger partial charge >= 0.3 is 0 Å². The van der Waals surface area contributed by atoms with E-state index in [0.717, 1.165) is 18.5 Å². The Bertz CT molecular complexity index is 208. The minimum atomic E-state index is 0.756. The SMILES string of the molecule is CCCc1cncc(N)c1. The van der Waals surface area contributed by atoms with Crippen molar-refractivity contribution < 1.29 is 0 Å². The molecule has 1 rings (SSSR count). The molecule has 0 atom stereocenters. The molecule has 0 amide bonds. The molecule has 1 aromatic rings. The van der Waals surface area contributed by atoms with Crippen molar-refractivity contribution in [2.24, 2.45) is 0 Å². The maximum atomic E-state index is 5.53. The van der Waals surface area contributed by atoms with Crippen LogP contribution >= 0.6 is 0 Å². The molecule has 2 heteroatoms. The number of anilines is 1. The van der Waals surface area contributed by atoms with E-state index >= 15 is 0 Å². The van der Waals surface area contributed by atoms with Crippen LogP contribution in [-0.2, 0) is 6.42 Å². The predicted octanol–water partition coefficient (Wildman–Crippen LogP) is 1.62.